The number of likely N-dealkylation sites (tertiary alicyclic amines) is 1. The lowest BCUT2D eigenvalue weighted by molar-refractivity contribution is 0.0164. The summed E-state index contributed by atoms with van der Waals surface area (Å²) in [6, 6.07) is 22.4. The van der Waals surface area contributed by atoms with Gasteiger partial charge in [0.1, 0.15) is 6.61 Å². The van der Waals surface area contributed by atoms with Gasteiger partial charge in [-0.2, -0.15) is 5.10 Å². The topological polar surface area (TPSA) is 73.7 Å². The van der Waals surface area contributed by atoms with Crippen LogP contribution in [0.2, 0.25) is 4.34 Å². The van der Waals surface area contributed by atoms with Gasteiger partial charge in [-0.25, -0.2) is 9.48 Å². The molecule has 4 aromatic rings. The predicted molar refractivity (Wildman–Crippen MR) is 172 cm³/mol. The minimum Gasteiger partial charge on any atom is -0.448 e. The van der Waals surface area contributed by atoms with E-state index in [0.29, 0.717) is 39.0 Å². The van der Waals surface area contributed by atoms with E-state index in [4.69, 9.17) is 26.2 Å². The van der Waals surface area contributed by atoms with Crippen LogP contribution in [0, 0.1) is 5.41 Å². The lowest BCUT2D eigenvalue weighted by Crippen LogP contribution is -2.39. The van der Waals surface area contributed by atoms with Crippen molar-refractivity contribution in [3.05, 3.63) is 98.5 Å². The van der Waals surface area contributed by atoms with Crippen LogP contribution in [0.5, 0.6) is 0 Å². The summed E-state index contributed by atoms with van der Waals surface area (Å²) in [6.45, 7) is 4.02. The first-order valence-electron chi connectivity index (χ1n) is 15.5. The molecule has 0 bridgehead atoms. The Morgan fingerprint density at radius 2 is 1.73 bits per heavy atom. The average molecular weight is 630 g/mol. The third kappa shape index (κ3) is 5.48. The molecule has 0 N–H and O–H groups in total. The summed E-state index contributed by atoms with van der Waals surface area (Å²) >= 11 is 7.74. The van der Waals surface area contributed by atoms with Gasteiger partial charge in [-0.3, -0.25) is 9.69 Å². The van der Waals surface area contributed by atoms with E-state index < -0.39 is 5.41 Å². The summed E-state index contributed by atoms with van der Waals surface area (Å²) in [7, 11) is 0. The van der Waals surface area contributed by atoms with Crippen molar-refractivity contribution < 1.29 is 19.1 Å². The van der Waals surface area contributed by atoms with Gasteiger partial charge >= 0.3 is 6.09 Å². The number of ether oxygens (including phenoxy) is 2. The zero-order chi connectivity index (χ0) is 30.3. The maximum Gasteiger partial charge on any atom is 0.410 e. The average Bonchev–Trinajstić information content (AvgIpc) is 3.84. The maximum absolute atomic E-state index is 14.0. The van der Waals surface area contributed by atoms with E-state index >= 15 is 0 Å². The minimum atomic E-state index is -0.537. The molecule has 1 atom stereocenters. The molecular formula is C35H36ClN3O4S. The number of nitrogens with zero attached hydrogens (tertiary/aromatic N) is 3. The van der Waals surface area contributed by atoms with Crippen molar-refractivity contribution in [3.63, 3.8) is 0 Å². The minimum absolute atomic E-state index is 0.00167. The number of benzene rings is 2. The fourth-order valence-electron chi connectivity index (χ4n) is 6.96. The highest BCUT2D eigenvalue weighted by molar-refractivity contribution is 7.16. The molecule has 2 aromatic heterocycles. The fourth-order valence-corrected chi connectivity index (χ4v) is 8.04. The summed E-state index contributed by atoms with van der Waals surface area (Å²) in [5.74, 6) is -0.00115. The van der Waals surface area contributed by atoms with Gasteiger partial charge in [-0.05, 0) is 79.0 Å². The second kappa shape index (κ2) is 12.1. The van der Waals surface area contributed by atoms with Gasteiger partial charge in [-0.15, -0.1) is 11.3 Å². The van der Waals surface area contributed by atoms with E-state index in [2.05, 4.69) is 36.4 Å². The molecule has 228 valence electrons. The Hall–Kier alpha value is -3.46. The fraction of sp³-hybridized carbons (Fsp3) is 0.400. The number of halogens is 1. The van der Waals surface area contributed by atoms with Crippen LogP contribution in [-0.2, 0) is 22.3 Å². The first-order valence-corrected chi connectivity index (χ1v) is 16.7. The van der Waals surface area contributed by atoms with Crippen LogP contribution < -0.4 is 0 Å². The number of fused-ring (bicyclic) bond motifs is 3. The molecule has 4 heterocycles. The number of carbonyl (C=O) groups is 2. The van der Waals surface area contributed by atoms with Gasteiger partial charge in [0.05, 0.1) is 21.5 Å². The highest BCUT2D eigenvalue weighted by Gasteiger charge is 2.40. The number of rotatable bonds is 7. The van der Waals surface area contributed by atoms with E-state index in [-0.39, 0.29) is 30.6 Å². The molecule has 0 radical (unpaired) electrons. The maximum atomic E-state index is 14.0. The van der Waals surface area contributed by atoms with Gasteiger partial charge in [0, 0.05) is 36.2 Å². The molecule has 3 aliphatic rings. The Kier molecular flexibility index (Phi) is 8.08. The lowest BCUT2D eigenvalue weighted by Gasteiger charge is -2.31. The van der Waals surface area contributed by atoms with Crippen molar-refractivity contribution in [1.29, 1.82) is 0 Å². The van der Waals surface area contributed by atoms with Crippen molar-refractivity contribution in [1.82, 2.24) is 14.7 Å². The number of amides is 1. The molecule has 7 rings (SSSR count). The zero-order valence-corrected chi connectivity index (χ0v) is 26.4. The quantitative estimate of drug-likeness (QED) is 0.208. The second-order valence-electron chi connectivity index (χ2n) is 12.3. The summed E-state index contributed by atoms with van der Waals surface area (Å²) < 4.78 is 14.0. The van der Waals surface area contributed by atoms with Gasteiger partial charge in [-0.1, -0.05) is 67.1 Å². The molecule has 7 nitrogen and oxygen atoms in total. The lowest BCUT2D eigenvalue weighted by atomic mass is 9.81. The van der Waals surface area contributed by atoms with Gasteiger partial charge in [0.2, 0.25) is 0 Å². The normalized spacial score (nSPS) is 19.1. The summed E-state index contributed by atoms with van der Waals surface area (Å²) in [5.41, 5.74) is 5.86. The Balaban J connectivity index is 1.11. The molecule has 2 fully saturated rings. The third-order valence-electron chi connectivity index (χ3n) is 9.53. The van der Waals surface area contributed by atoms with E-state index in [1.54, 1.807) is 20.9 Å². The smallest absolute Gasteiger partial charge is 0.410 e. The predicted octanol–water partition coefficient (Wildman–Crippen LogP) is 7.93. The number of carbonyl (C=O) groups excluding carboxylic acids is 2. The largest absolute Gasteiger partial charge is 0.448 e. The molecule has 2 aromatic carbocycles. The Labute approximate surface area is 266 Å². The monoisotopic (exact) mass is 629 g/mol. The van der Waals surface area contributed by atoms with Crippen LogP contribution in [-0.4, -0.2) is 53.0 Å². The van der Waals surface area contributed by atoms with E-state index in [1.165, 1.54) is 22.3 Å². The standard InChI is InChI=1S/C35H36ClN3O4S/c1-35(16-19-42-20-17-35)33(40)39-23(12-13-24-14-15-32(36)44-24)21-30(37-39)31-11-6-18-38(31)34(41)43-22-29-27-9-4-2-7-25(27)26-8-3-5-10-28(26)29/h2-5,7-10,14-15,21,29,31H,6,11-13,16-20,22H2,1H3. The highest BCUT2D eigenvalue weighted by Crippen LogP contribution is 2.45. The van der Waals surface area contributed by atoms with E-state index in [9.17, 15) is 9.59 Å². The Morgan fingerprint density at radius 3 is 2.41 bits per heavy atom. The van der Waals surface area contributed by atoms with Gasteiger partial charge in [0.25, 0.3) is 5.91 Å². The Morgan fingerprint density at radius 1 is 1.02 bits per heavy atom. The van der Waals surface area contributed by atoms with Crippen LogP contribution in [0.1, 0.15) is 76.8 Å². The first-order chi connectivity index (χ1) is 21.4. The molecule has 1 unspecified atom stereocenters. The van der Waals surface area contributed by atoms with Crippen LogP contribution in [0.25, 0.3) is 11.1 Å². The van der Waals surface area contributed by atoms with Crippen LogP contribution >= 0.6 is 22.9 Å². The summed E-state index contributed by atoms with van der Waals surface area (Å²) in [4.78, 5) is 30.6. The number of aryl methyl sites for hydroxylation is 2. The molecule has 0 spiro atoms. The second-order valence-corrected chi connectivity index (χ2v) is 14.1. The van der Waals surface area contributed by atoms with Crippen molar-refractivity contribution in [2.24, 2.45) is 5.41 Å². The van der Waals surface area contributed by atoms with Gasteiger partial charge < -0.3 is 9.47 Å². The third-order valence-corrected chi connectivity index (χ3v) is 10.8. The van der Waals surface area contributed by atoms with E-state index in [0.717, 1.165) is 39.9 Å². The summed E-state index contributed by atoms with van der Waals surface area (Å²) in [5, 5.41) is 4.91. The molecule has 44 heavy (non-hydrogen) atoms. The van der Waals surface area contributed by atoms with Crippen LogP contribution in [0.4, 0.5) is 4.79 Å². The molecular weight excluding hydrogens is 594 g/mol. The van der Waals surface area contributed by atoms with Crippen molar-refractivity contribution >= 4 is 34.9 Å². The molecule has 2 saturated heterocycles. The number of hydrogen-bond acceptors (Lipinski definition) is 6. The Bertz CT molecular complexity index is 1640. The number of hydrogen-bond donors (Lipinski definition) is 0. The zero-order valence-electron chi connectivity index (χ0n) is 24.8. The highest BCUT2D eigenvalue weighted by atomic mass is 35.5. The van der Waals surface area contributed by atoms with Crippen molar-refractivity contribution in [2.75, 3.05) is 26.4 Å². The van der Waals surface area contributed by atoms with Crippen LogP contribution in [0.15, 0.2) is 66.7 Å². The SMILES string of the molecule is CC1(C(=O)n2nc(C3CCCN3C(=O)OCC3c4ccccc4-c4ccccc43)cc2CCc2ccc(Cl)s2)CCOCC1. The van der Waals surface area contributed by atoms with Crippen LogP contribution in [0.3, 0.4) is 0 Å². The van der Waals surface area contributed by atoms with E-state index in [1.807, 2.05) is 37.3 Å². The first kappa shape index (κ1) is 29.3. The van der Waals surface area contributed by atoms with Crippen molar-refractivity contribution in [2.45, 2.75) is 57.4 Å². The molecule has 1 aliphatic carbocycles. The number of thiophene rings is 1. The molecule has 0 saturated carbocycles. The number of aromatic nitrogens is 2. The van der Waals surface area contributed by atoms with Gasteiger partial charge in [0.15, 0.2) is 0 Å². The molecule has 9 heteroatoms. The molecule has 2 aliphatic heterocycles. The molecule has 1 amide bonds. The summed E-state index contributed by atoms with van der Waals surface area (Å²) in [6.07, 6.45) is 4.04. The van der Waals surface area contributed by atoms with Crippen molar-refractivity contribution in [3.8, 4) is 11.1 Å².